The number of methoxy groups -OCH3 is 1. The molecule has 0 spiro atoms. The standard InChI is InChI=1S/C11H24N2O/c1-3-8-13-11(9-12)7-5-4-6-10(11)14-2/h10,13H,3-9,12H2,1-2H3. The van der Waals surface area contributed by atoms with E-state index in [9.17, 15) is 0 Å². The zero-order valence-corrected chi connectivity index (χ0v) is 9.51. The van der Waals surface area contributed by atoms with Gasteiger partial charge in [-0.1, -0.05) is 19.8 Å². The SMILES string of the molecule is CCCNC1(CN)CCCCC1OC. The molecule has 1 saturated carbocycles. The van der Waals surface area contributed by atoms with Crippen molar-refractivity contribution < 1.29 is 4.74 Å². The monoisotopic (exact) mass is 200 g/mol. The molecule has 1 aliphatic carbocycles. The first-order valence-corrected chi connectivity index (χ1v) is 5.77. The van der Waals surface area contributed by atoms with Gasteiger partial charge in [-0.15, -0.1) is 0 Å². The van der Waals surface area contributed by atoms with Gasteiger partial charge in [0.25, 0.3) is 0 Å². The molecular formula is C11H24N2O. The molecule has 3 N–H and O–H groups in total. The van der Waals surface area contributed by atoms with Crippen molar-refractivity contribution in [1.29, 1.82) is 0 Å². The summed E-state index contributed by atoms with van der Waals surface area (Å²) in [5, 5.41) is 3.59. The smallest absolute Gasteiger partial charge is 0.0765 e. The van der Waals surface area contributed by atoms with Crippen LogP contribution >= 0.6 is 0 Å². The van der Waals surface area contributed by atoms with Crippen LogP contribution in [0.5, 0.6) is 0 Å². The minimum atomic E-state index is 0.0447. The predicted octanol–water partition coefficient (Wildman–Crippen LogP) is 1.27. The third kappa shape index (κ3) is 2.47. The van der Waals surface area contributed by atoms with Gasteiger partial charge in [0, 0.05) is 13.7 Å². The average Bonchev–Trinajstić information content (AvgIpc) is 2.26. The van der Waals surface area contributed by atoms with Crippen LogP contribution in [-0.2, 0) is 4.74 Å². The van der Waals surface area contributed by atoms with E-state index in [0.717, 1.165) is 25.8 Å². The van der Waals surface area contributed by atoms with E-state index in [1.165, 1.54) is 12.8 Å². The van der Waals surface area contributed by atoms with E-state index in [1.54, 1.807) is 7.11 Å². The average molecular weight is 200 g/mol. The van der Waals surface area contributed by atoms with Gasteiger partial charge in [-0.05, 0) is 25.8 Å². The summed E-state index contributed by atoms with van der Waals surface area (Å²) in [6.45, 7) is 3.91. The predicted molar refractivity (Wildman–Crippen MR) is 59.3 cm³/mol. The highest BCUT2D eigenvalue weighted by molar-refractivity contribution is 4.99. The highest BCUT2D eigenvalue weighted by atomic mass is 16.5. The number of ether oxygens (including phenoxy) is 1. The Labute approximate surface area is 87.4 Å². The number of hydrogen-bond donors (Lipinski definition) is 2. The summed E-state index contributed by atoms with van der Waals surface area (Å²) in [5.41, 5.74) is 5.95. The number of nitrogens with two attached hydrogens (primary N) is 1. The molecule has 3 heteroatoms. The van der Waals surface area contributed by atoms with Crippen molar-refractivity contribution in [3.05, 3.63) is 0 Å². The molecule has 0 aromatic heterocycles. The maximum absolute atomic E-state index is 5.90. The van der Waals surface area contributed by atoms with Gasteiger partial charge in [-0.2, -0.15) is 0 Å². The minimum Gasteiger partial charge on any atom is -0.379 e. The van der Waals surface area contributed by atoms with Crippen LogP contribution in [0.15, 0.2) is 0 Å². The van der Waals surface area contributed by atoms with Gasteiger partial charge in [0.2, 0.25) is 0 Å². The Balaban J connectivity index is 2.60. The Bertz CT molecular complexity index is 163. The summed E-state index contributed by atoms with van der Waals surface area (Å²) < 4.78 is 5.55. The van der Waals surface area contributed by atoms with Crippen molar-refractivity contribution in [2.45, 2.75) is 50.7 Å². The lowest BCUT2D eigenvalue weighted by molar-refractivity contribution is -0.00825. The van der Waals surface area contributed by atoms with Crippen LogP contribution in [-0.4, -0.2) is 31.8 Å². The fourth-order valence-corrected chi connectivity index (χ4v) is 2.43. The Morgan fingerprint density at radius 2 is 2.29 bits per heavy atom. The highest BCUT2D eigenvalue weighted by Gasteiger charge is 2.39. The van der Waals surface area contributed by atoms with Crippen LogP contribution in [0.1, 0.15) is 39.0 Å². The molecule has 0 bridgehead atoms. The molecule has 1 fully saturated rings. The normalized spacial score (nSPS) is 33.2. The Kier molecular flexibility index (Phi) is 4.85. The number of rotatable bonds is 5. The summed E-state index contributed by atoms with van der Waals surface area (Å²) in [7, 11) is 1.80. The van der Waals surface area contributed by atoms with E-state index in [2.05, 4.69) is 12.2 Å². The molecule has 1 aliphatic rings. The summed E-state index contributed by atoms with van der Waals surface area (Å²) in [6.07, 6.45) is 6.29. The molecule has 0 amide bonds. The summed E-state index contributed by atoms with van der Waals surface area (Å²) >= 11 is 0. The lowest BCUT2D eigenvalue weighted by Gasteiger charge is -2.43. The third-order valence-electron chi connectivity index (χ3n) is 3.33. The van der Waals surface area contributed by atoms with Crippen molar-refractivity contribution >= 4 is 0 Å². The van der Waals surface area contributed by atoms with Crippen molar-refractivity contribution in [3.63, 3.8) is 0 Å². The van der Waals surface area contributed by atoms with E-state index < -0.39 is 0 Å². The fraction of sp³-hybridized carbons (Fsp3) is 1.00. The molecule has 1 rings (SSSR count). The first kappa shape index (κ1) is 12.0. The highest BCUT2D eigenvalue weighted by Crippen LogP contribution is 2.29. The first-order valence-electron chi connectivity index (χ1n) is 5.77. The van der Waals surface area contributed by atoms with Crippen LogP contribution in [0, 0.1) is 0 Å². The summed E-state index contributed by atoms with van der Waals surface area (Å²) in [6, 6.07) is 0. The first-order chi connectivity index (χ1) is 6.79. The Morgan fingerprint density at radius 1 is 1.50 bits per heavy atom. The maximum Gasteiger partial charge on any atom is 0.0765 e. The fourth-order valence-electron chi connectivity index (χ4n) is 2.43. The molecule has 0 heterocycles. The van der Waals surface area contributed by atoms with Gasteiger partial charge >= 0.3 is 0 Å². The molecule has 2 atom stereocenters. The lowest BCUT2D eigenvalue weighted by Crippen LogP contribution is -2.61. The van der Waals surface area contributed by atoms with Crippen LogP contribution in [0.3, 0.4) is 0 Å². The lowest BCUT2D eigenvalue weighted by atomic mass is 9.79. The van der Waals surface area contributed by atoms with Crippen LogP contribution < -0.4 is 11.1 Å². The van der Waals surface area contributed by atoms with Crippen LogP contribution in [0.4, 0.5) is 0 Å². The molecular weight excluding hydrogens is 176 g/mol. The molecule has 0 aliphatic heterocycles. The Morgan fingerprint density at radius 3 is 2.86 bits per heavy atom. The van der Waals surface area contributed by atoms with Crippen molar-refractivity contribution in [1.82, 2.24) is 5.32 Å². The van der Waals surface area contributed by atoms with E-state index >= 15 is 0 Å². The molecule has 84 valence electrons. The zero-order valence-electron chi connectivity index (χ0n) is 9.51. The van der Waals surface area contributed by atoms with E-state index in [0.29, 0.717) is 12.6 Å². The van der Waals surface area contributed by atoms with Gasteiger partial charge in [0.15, 0.2) is 0 Å². The van der Waals surface area contributed by atoms with Crippen molar-refractivity contribution in [3.8, 4) is 0 Å². The minimum absolute atomic E-state index is 0.0447. The Hall–Kier alpha value is -0.120. The van der Waals surface area contributed by atoms with Crippen molar-refractivity contribution in [2.24, 2.45) is 5.73 Å². The molecule has 3 nitrogen and oxygen atoms in total. The van der Waals surface area contributed by atoms with Crippen molar-refractivity contribution in [2.75, 3.05) is 20.2 Å². The summed E-state index contributed by atoms with van der Waals surface area (Å²) in [5.74, 6) is 0. The third-order valence-corrected chi connectivity index (χ3v) is 3.33. The van der Waals surface area contributed by atoms with E-state index in [-0.39, 0.29) is 5.54 Å². The quantitative estimate of drug-likeness (QED) is 0.702. The summed E-state index contributed by atoms with van der Waals surface area (Å²) in [4.78, 5) is 0. The second-order valence-electron chi connectivity index (χ2n) is 4.26. The van der Waals surface area contributed by atoms with E-state index in [4.69, 9.17) is 10.5 Å². The maximum atomic E-state index is 5.90. The molecule has 0 aromatic carbocycles. The van der Waals surface area contributed by atoms with E-state index in [1.807, 2.05) is 0 Å². The van der Waals surface area contributed by atoms with Gasteiger partial charge in [-0.25, -0.2) is 0 Å². The molecule has 14 heavy (non-hydrogen) atoms. The topological polar surface area (TPSA) is 47.3 Å². The second kappa shape index (κ2) is 5.69. The van der Waals surface area contributed by atoms with Gasteiger partial charge in [0.05, 0.1) is 11.6 Å². The number of nitrogens with one attached hydrogen (secondary N) is 1. The molecule has 2 unspecified atom stereocenters. The molecule has 0 aromatic rings. The largest absolute Gasteiger partial charge is 0.379 e. The zero-order chi connectivity index (χ0) is 10.4. The van der Waals surface area contributed by atoms with Gasteiger partial charge in [-0.3, -0.25) is 0 Å². The van der Waals surface area contributed by atoms with Crippen LogP contribution in [0.2, 0.25) is 0 Å². The van der Waals surface area contributed by atoms with Gasteiger partial charge < -0.3 is 15.8 Å². The van der Waals surface area contributed by atoms with Crippen LogP contribution in [0.25, 0.3) is 0 Å². The second-order valence-corrected chi connectivity index (χ2v) is 4.26. The van der Waals surface area contributed by atoms with Gasteiger partial charge in [0.1, 0.15) is 0 Å². The number of hydrogen-bond acceptors (Lipinski definition) is 3. The molecule has 0 saturated heterocycles. The molecule has 0 radical (unpaired) electrons.